The van der Waals surface area contributed by atoms with Crippen LogP contribution in [0.5, 0.6) is 0 Å². The summed E-state index contributed by atoms with van der Waals surface area (Å²) in [5, 5.41) is 8.92. The van der Waals surface area contributed by atoms with E-state index in [-0.39, 0.29) is 11.5 Å². The van der Waals surface area contributed by atoms with Gasteiger partial charge in [0.15, 0.2) is 0 Å². The van der Waals surface area contributed by atoms with Gasteiger partial charge in [-0.15, -0.1) is 11.3 Å². The number of amidine groups is 1. The Labute approximate surface area is 347 Å². The molecule has 2 aromatic heterocycles. The Morgan fingerprint density at radius 3 is 2.03 bits per heavy atom. The van der Waals surface area contributed by atoms with Crippen LogP contribution in [-0.2, 0) is 5.41 Å². The standard InChI is InChI=1S/C55H39N3S/c1-55(2)46-24-14-12-22-39(46)42-31-43-40-27-26-37(34-16-6-3-7-17-34)28-50(40)58(51(43)32-47(42)55)38-29-44-41-23-13-15-25-52(41)59-53(44)45(30-38)54-56-48(35-18-8-4-9-19-35)33-49(57-54)36-20-10-5-11-21-36/h3-33,48H,1-2H3,(H,56,57). The van der Waals surface area contributed by atoms with Gasteiger partial charge >= 0.3 is 0 Å². The molecule has 1 aliphatic carbocycles. The number of fused-ring (bicyclic) bond motifs is 9. The summed E-state index contributed by atoms with van der Waals surface area (Å²) in [5.41, 5.74) is 15.6. The van der Waals surface area contributed by atoms with Crippen molar-refractivity contribution in [1.29, 1.82) is 0 Å². The van der Waals surface area contributed by atoms with Crippen LogP contribution in [0.1, 0.15) is 47.7 Å². The van der Waals surface area contributed by atoms with Gasteiger partial charge in [-0.25, -0.2) is 4.99 Å². The predicted molar refractivity (Wildman–Crippen MR) is 250 cm³/mol. The molecule has 0 bridgehead atoms. The van der Waals surface area contributed by atoms with Gasteiger partial charge in [-0.2, -0.15) is 0 Å². The minimum atomic E-state index is -0.136. The van der Waals surface area contributed by atoms with E-state index in [0.29, 0.717) is 0 Å². The molecule has 4 heteroatoms. The number of hydrogen-bond donors (Lipinski definition) is 1. The molecule has 1 atom stereocenters. The molecule has 10 aromatic rings. The van der Waals surface area contributed by atoms with Crippen LogP contribution in [0.2, 0.25) is 0 Å². The molecule has 0 radical (unpaired) electrons. The Hall–Kier alpha value is -7.01. The van der Waals surface area contributed by atoms with E-state index >= 15 is 0 Å². The van der Waals surface area contributed by atoms with Crippen LogP contribution in [0.15, 0.2) is 193 Å². The first-order chi connectivity index (χ1) is 29.0. The van der Waals surface area contributed by atoms with Crippen molar-refractivity contribution in [2.45, 2.75) is 25.3 Å². The van der Waals surface area contributed by atoms with Gasteiger partial charge in [0.1, 0.15) is 5.84 Å². The minimum absolute atomic E-state index is 0.0555. The largest absolute Gasteiger partial charge is 0.359 e. The van der Waals surface area contributed by atoms with Crippen molar-refractivity contribution in [3.05, 3.63) is 216 Å². The lowest BCUT2D eigenvalue weighted by Crippen LogP contribution is -2.31. The second kappa shape index (κ2) is 13.0. The van der Waals surface area contributed by atoms with E-state index in [1.54, 1.807) is 0 Å². The molecule has 0 saturated heterocycles. The van der Waals surface area contributed by atoms with E-state index in [1.165, 1.54) is 80.9 Å². The SMILES string of the molecule is CC1(C)c2ccccc2-c2cc3c4ccc(-c5ccccc5)cc4n(-c4cc(C5=NC(c6ccccc6)=CC(c6ccccc6)N5)c5sc6ccccc6c5c4)c3cc21. The molecule has 0 saturated carbocycles. The van der Waals surface area contributed by atoms with Crippen LogP contribution < -0.4 is 5.32 Å². The Kier molecular flexibility index (Phi) is 7.51. The maximum Gasteiger partial charge on any atom is 0.136 e. The normalized spacial score (nSPS) is 15.6. The van der Waals surface area contributed by atoms with Crippen molar-refractivity contribution in [2.24, 2.45) is 4.99 Å². The van der Waals surface area contributed by atoms with Crippen molar-refractivity contribution < 1.29 is 0 Å². The molecule has 0 spiro atoms. The number of hydrogen-bond acceptors (Lipinski definition) is 3. The summed E-state index contributed by atoms with van der Waals surface area (Å²) in [4.78, 5) is 5.47. The fourth-order valence-electron chi connectivity index (χ4n) is 9.70. The molecule has 8 aromatic carbocycles. The van der Waals surface area contributed by atoms with Gasteiger partial charge in [0, 0.05) is 47.6 Å². The number of aliphatic imine (C=N–C) groups is 1. The van der Waals surface area contributed by atoms with Crippen molar-refractivity contribution in [2.75, 3.05) is 0 Å². The van der Waals surface area contributed by atoms with E-state index in [4.69, 9.17) is 4.99 Å². The summed E-state index contributed by atoms with van der Waals surface area (Å²) in [6.45, 7) is 4.75. The highest BCUT2D eigenvalue weighted by Gasteiger charge is 2.36. The van der Waals surface area contributed by atoms with E-state index in [9.17, 15) is 0 Å². The fourth-order valence-corrected chi connectivity index (χ4v) is 10.9. The molecule has 0 fully saturated rings. The van der Waals surface area contributed by atoms with Gasteiger partial charge in [-0.1, -0.05) is 159 Å². The first-order valence-corrected chi connectivity index (χ1v) is 21.2. The maximum atomic E-state index is 5.47. The van der Waals surface area contributed by atoms with Crippen molar-refractivity contribution >= 4 is 64.8 Å². The summed E-state index contributed by atoms with van der Waals surface area (Å²) in [7, 11) is 0. The van der Waals surface area contributed by atoms with Gasteiger partial charge in [0.2, 0.25) is 0 Å². The molecule has 1 unspecified atom stereocenters. The summed E-state index contributed by atoms with van der Waals surface area (Å²) >= 11 is 1.85. The van der Waals surface area contributed by atoms with E-state index in [2.05, 4.69) is 212 Å². The number of rotatable bonds is 5. The Morgan fingerprint density at radius 1 is 0.525 bits per heavy atom. The van der Waals surface area contributed by atoms with E-state index in [1.807, 2.05) is 11.3 Å². The highest BCUT2D eigenvalue weighted by Crippen LogP contribution is 2.51. The molecule has 3 nitrogen and oxygen atoms in total. The summed E-state index contributed by atoms with van der Waals surface area (Å²) < 4.78 is 5.02. The first-order valence-electron chi connectivity index (χ1n) is 20.4. The first kappa shape index (κ1) is 34.1. The van der Waals surface area contributed by atoms with Gasteiger partial charge in [0.25, 0.3) is 0 Å². The molecule has 1 aliphatic heterocycles. The summed E-state index contributed by atoms with van der Waals surface area (Å²) in [6, 6.07) is 66.5. The predicted octanol–water partition coefficient (Wildman–Crippen LogP) is 14.3. The molecule has 1 N–H and O–H groups in total. The second-order valence-corrected chi connectivity index (χ2v) is 17.5. The Balaban J connectivity index is 1.16. The van der Waals surface area contributed by atoms with Crippen molar-refractivity contribution in [1.82, 2.24) is 9.88 Å². The average Bonchev–Trinajstić information content (AvgIpc) is 3.91. The molecule has 0 amide bonds. The number of nitrogens with zero attached hydrogens (tertiary/aromatic N) is 2. The van der Waals surface area contributed by atoms with Crippen LogP contribution in [0.4, 0.5) is 0 Å². The lowest BCUT2D eigenvalue weighted by molar-refractivity contribution is 0.661. The zero-order chi connectivity index (χ0) is 39.2. The molecule has 3 heterocycles. The van der Waals surface area contributed by atoms with Crippen LogP contribution in [0.25, 0.3) is 75.6 Å². The Morgan fingerprint density at radius 2 is 1.22 bits per heavy atom. The highest BCUT2D eigenvalue weighted by molar-refractivity contribution is 7.26. The lowest BCUT2D eigenvalue weighted by Gasteiger charge is -2.25. The smallest absolute Gasteiger partial charge is 0.136 e. The fraction of sp³-hybridized carbons (Fsp3) is 0.0727. The van der Waals surface area contributed by atoms with Crippen LogP contribution in [0.3, 0.4) is 0 Å². The van der Waals surface area contributed by atoms with Gasteiger partial charge in [-0.3, -0.25) is 0 Å². The number of aromatic nitrogens is 1. The third kappa shape index (κ3) is 5.30. The van der Waals surface area contributed by atoms with Crippen LogP contribution in [0, 0.1) is 0 Å². The zero-order valence-electron chi connectivity index (χ0n) is 32.8. The highest BCUT2D eigenvalue weighted by atomic mass is 32.1. The van der Waals surface area contributed by atoms with Crippen molar-refractivity contribution in [3.63, 3.8) is 0 Å². The number of thiophene rings is 1. The van der Waals surface area contributed by atoms with Crippen molar-refractivity contribution in [3.8, 4) is 27.9 Å². The van der Waals surface area contributed by atoms with Gasteiger partial charge in [-0.05, 0) is 87.0 Å². The molecule has 12 rings (SSSR count). The third-order valence-electron chi connectivity index (χ3n) is 12.6. The molecule has 2 aliphatic rings. The van der Waals surface area contributed by atoms with Crippen LogP contribution in [-0.4, -0.2) is 10.4 Å². The number of benzene rings is 8. The van der Waals surface area contributed by atoms with Crippen LogP contribution >= 0.6 is 11.3 Å². The zero-order valence-corrected chi connectivity index (χ0v) is 33.6. The second-order valence-electron chi connectivity index (χ2n) is 16.4. The van der Waals surface area contributed by atoms with E-state index < -0.39 is 0 Å². The third-order valence-corrected chi connectivity index (χ3v) is 13.8. The summed E-state index contributed by atoms with van der Waals surface area (Å²) in [6.07, 6.45) is 2.26. The monoisotopic (exact) mass is 773 g/mol. The maximum absolute atomic E-state index is 5.47. The average molecular weight is 774 g/mol. The quantitative estimate of drug-likeness (QED) is 0.185. The minimum Gasteiger partial charge on any atom is -0.359 e. The summed E-state index contributed by atoms with van der Waals surface area (Å²) in [5.74, 6) is 0.877. The van der Waals surface area contributed by atoms with Gasteiger partial charge < -0.3 is 9.88 Å². The number of nitrogens with one attached hydrogen (secondary N) is 1. The lowest BCUT2D eigenvalue weighted by atomic mass is 9.82. The molecule has 280 valence electrons. The molecule has 59 heavy (non-hydrogen) atoms. The Bertz CT molecular complexity index is 3370. The van der Waals surface area contributed by atoms with E-state index in [0.717, 1.165) is 28.3 Å². The topological polar surface area (TPSA) is 29.3 Å². The molecular weight excluding hydrogens is 735 g/mol. The van der Waals surface area contributed by atoms with Gasteiger partial charge in [0.05, 0.1) is 22.8 Å². The molecular formula is C55H39N3S.